The van der Waals surface area contributed by atoms with Gasteiger partial charge in [-0.25, -0.2) is 0 Å². The molecule has 0 aromatic heterocycles. The maximum atomic E-state index is 5.01. The van der Waals surface area contributed by atoms with Crippen LogP contribution >= 0.6 is 24.6 Å². The highest BCUT2D eigenvalue weighted by atomic mass is 35.5. The van der Waals surface area contributed by atoms with Crippen LogP contribution in [-0.2, 0) is 4.74 Å². The van der Waals surface area contributed by atoms with Crippen molar-refractivity contribution >= 4 is 29.6 Å². The van der Waals surface area contributed by atoms with Gasteiger partial charge in [-0.3, -0.25) is 0 Å². The molecule has 5 heteroatoms. The molecule has 0 radical (unpaired) electrons. The smallest absolute Gasteiger partial charge is 0.0695 e. The molecular formula is C6H15ClN2OS. The molecule has 1 fully saturated rings. The fraction of sp³-hybridized carbons (Fsp3) is 0.833. The SMILES string of the molecule is C1COCCN1.CC(N)=S.Cl. The second kappa shape index (κ2) is 10.1. The zero-order valence-corrected chi connectivity index (χ0v) is 8.26. The summed E-state index contributed by atoms with van der Waals surface area (Å²) in [4.78, 5) is 0.500. The molecule has 0 saturated carbocycles. The van der Waals surface area contributed by atoms with E-state index in [0.29, 0.717) is 4.99 Å². The van der Waals surface area contributed by atoms with Gasteiger partial charge in [0.15, 0.2) is 0 Å². The molecule has 0 aliphatic carbocycles. The fourth-order valence-electron chi connectivity index (χ4n) is 0.516. The van der Waals surface area contributed by atoms with E-state index in [-0.39, 0.29) is 12.4 Å². The predicted octanol–water partition coefficient (Wildman–Crippen LogP) is 0.320. The number of rotatable bonds is 0. The Morgan fingerprint density at radius 2 is 1.82 bits per heavy atom. The van der Waals surface area contributed by atoms with Crippen LogP contribution in [0.4, 0.5) is 0 Å². The van der Waals surface area contributed by atoms with Gasteiger partial charge in [-0.15, -0.1) is 12.4 Å². The van der Waals surface area contributed by atoms with Gasteiger partial charge >= 0.3 is 0 Å². The van der Waals surface area contributed by atoms with E-state index in [1.54, 1.807) is 6.92 Å². The van der Waals surface area contributed by atoms with Crippen molar-refractivity contribution < 1.29 is 4.74 Å². The molecule has 0 spiro atoms. The van der Waals surface area contributed by atoms with Gasteiger partial charge in [0.25, 0.3) is 0 Å². The van der Waals surface area contributed by atoms with Crippen LogP contribution in [0.25, 0.3) is 0 Å². The first-order valence-corrected chi connectivity index (χ1v) is 3.69. The standard InChI is InChI=1S/C4H9NO.C2H5NS.ClH/c1-3-6-4-2-5-1;1-2(3)4;/h5H,1-4H2;1H3,(H2,3,4);1H. The highest BCUT2D eigenvalue weighted by Crippen LogP contribution is 1.76. The van der Waals surface area contributed by atoms with Gasteiger partial charge in [-0.05, 0) is 6.92 Å². The lowest BCUT2D eigenvalue weighted by Crippen LogP contribution is -2.30. The van der Waals surface area contributed by atoms with Gasteiger partial charge in [0.1, 0.15) is 0 Å². The summed E-state index contributed by atoms with van der Waals surface area (Å²) in [6.07, 6.45) is 0. The van der Waals surface area contributed by atoms with Gasteiger partial charge in [-0.2, -0.15) is 0 Å². The number of hydrogen-bond donors (Lipinski definition) is 2. The molecular weight excluding hydrogens is 184 g/mol. The lowest BCUT2D eigenvalue weighted by molar-refractivity contribution is 0.109. The summed E-state index contributed by atoms with van der Waals surface area (Å²) in [5.74, 6) is 0. The van der Waals surface area contributed by atoms with Gasteiger partial charge < -0.3 is 15.8 Å². The van der Waals surface area contributed by atoms with Crippen molar-refractivity contribution in [1.82, 2.24) is 5.32 Å². The minimum atomic E-state index is 0. The van der Waals surface area contributed by atoms with Gasteiger partial charge in [0, 0.05) is 13.1 Å². The first-order valence-electron chi connectivity index (χ1n) is 3.28. The maximum Gasteiger partial charge on any atom is 0.0695 e. The number of nitrogens with two attached hydrogens (primary N) is 1. The second-order valence-electron chi connectivity index (χ2n) is 1.97. The molecule has 1 aliphatic heterocycles. The van der Waals surface area contributed by atoms with Crippen LogP contribution in [0.2, 0.25) is 0 Å². The molecule has 0 atom stereocenters. The topological polar surface area (TPSA) is 47.3 Å². The Hall–Kier alpha value is 0.1000. The number of thiocarbonyl (C=S) groups is 1. The molecule has 0 bridgehead atoms. The Morgan fingerprint density at radius 3 is 1.91 bits per heavy atom. The summed E-state index contributed by atoms with van der Waals surface area (Å²) in [6, 6.07) is 0. The van der Waals surface area contributed by atoms with Crippen LogP contribution in [0.5, 0.6) is 0 Å². The van der Waals surface area contributed by atoms with E-state index in [4.69, 9.17) is 10.5 Å². The van der Waals surface area contributed by atoms with Crippen LogP contribution in [0.3, 0.4) is 0 Å². The molecule has 1 rings (SSSR count). The molecule has 11 heavy (non-hydrogen) atoms. The molecule has 1 aliphatic rings. The average Bonchev–Trinajstić information content (AvgIpc) is 1.90. The quantitative estimate of drug-likeness (QED) is 0.551. The normalized spacial score (nSPS) is 15.4. The Labute approximate surface area is 79.1 Å². The average molecular weight is 199 g/mol. The summed E-state index contributed by atoms with van der Waals surface area (Å²) >= 11 is 4.31. The maximum absolute atomic E-state index is 5.01. The molecule has 68 valence electrons. The van der Waals surface area contributed by atoms with Crippen LogP contribution in [0.1, 0.15) is 6.92 Å². The number of hydrogen-bond acceptors (Lipinski definition) is 3. The van der Waals surface area contributed by atoms with Crippen molar-refractivity contribution in [3.05, 3.63) is 0 Å². The predicted molar refractivity (Wildman–Crippen MR) is 53.4 cm³/mol. The minimum Gasteiger partial charge on any atom is -0.394 e. The van der Waals surface area contributed by atoms with E-state index in [2.05, 4.69) is 17.5 Å². The van der Waals surface area contributed by atoms with Crippen molar-refractivity contribution in [2.75, 3.05) is 26.3 Å². The van der Waals surface area contributed by atoms with E-state index >= 15 is 0 Å². The third kappa shape index (κ3) is 17.8. The molecule has 0 amide bonds. The van der Waals surface area contributed by atoms with Gasteiger partial charge in [0.05, 0.1) is 18.2 Å². The second-order valence-corrected chi connectivity index (χ2v) is 2.62. The zero-order chi connectivity index (χ0) is 7.82. The summed E-state index contributed by atoms with van der Waals surface area (Å²) in [5.41, 5.74) is 4.84. The largest absolute Gasteiger partial charge is 0.394 e. The number of nitrogens with one attached hydrogen (secondary N) is 1. The van der Waals surface area contributed by atoms with Crippen LogP contribution in [0, 0.1) is 0 Å². The summed E-state index contributed by atoms with van der Waals surface area (Å²) < 4.78 is 5.01. The van der Waals surface area contributed by atoms with Crippen LogP contribution in [0.15, 0.2) is 0 Å². The minimum absolute atomic E-state index is 0. The van der Waals surface area contributed by atoms with E-state index in [1.807, 2.05) is 0 Å². The Morgan fingerprint density at radius 1 is 1.45 bits per heavy atom. The fourth-order valence-corrected chi connectivity index (χ4v) is 0.516. The third-order valence-corrected chi connectivity index (χ3v) is 0.846. The van der Waals surface area contributed by atoms with Crippen molar-refractivity contribution in [3.8, 4) is 0 Å². The zero-order valence-electron chi connectivity index (χ0n) is 6.63. The van der Waals surface area contributed by atoms with E-state index in [9.17, 15) is 0 Å². The first-order chi connectivity index (χ1) is 4.73. The molecule has 1 heterocycles. The molecule has 0 unspecified atom stereocenters. The van der Waals surface area contributed by atoms with Gasteiger partial charge in [-0.1, -0.05) is 12.2 Å². The Bertz CT molecular complexity index is 83.1. The van der Waals surface area contributed by atoms with Crippen LogP contribution in [-0.4, -0.2) is 31.3 Å². The van der Waals surface area contributed by atoms with Crippen molar-refractivity contribution in [1.29, 1.82) is 0 Å². The van der Waals surface area contributed by atoms with Crippen molar-refractivity contribution in [2.24, 2.45) is 5.73 Å². The van der Waals surface area contributed by atoms with E-state index < -0.39 is 0 Å². The summed E-state index contributed by atoms with van der Waals surface area (Å²) in [6.45, 7) is 5.51. The summed E-state index contributed by atoms with van der Waals surface area (Å²) in [7, 11) is 0. The summed E-state index contributed by atoms with van der Waals surface area (Å²) in [5, 5.41) is 3.16. The molecule has 0 aromatic rings. The number of ether oxygens (including phenoxy) is 1. The number of morpholine rings is 1. The van der Waals surface area contributed by atoms with E-state index in [1.165, 1.54) is 0 Å². The van der Waals surface area contributed by atoms with E-state index in [0.717, 1.165) is 26.3 Å². The third-order valence-electron chi connectivity index (χ3n) is 0.846. The molecule has 0 aromatic carbocycles. The molecule has 3 nitrogen and oxygen atoms in total. The Kier molecular flexibility index (Phi) is 12.6. The molecule has 3 N–H and O–H groups in total. The van der Waals surface area contributed by atoms with Crippen LogP contribution < -0.4 is 11.1 Å². The number of halogens is 1. The highest BCUT2D eigenvalue weighted by molar-refractivity contribution is 7.80. The van der Waals surface area contributed by atoms with Gasteiger partial charge in [0.2, 0.25) is 0 Å². The lowest BCUT2D eigenvalue weighted by atomic mass is 10.5. The monoisotopic (exact) mass is 198 g/mol. The highest BCUT2D eigenvalue weighted by Gasteiger charge is 1.92. The first kappa shape index (κ1) is 13.7. The van der Waals surface area contributed by atoms with Crippen molar-refractivity contribution in [3.63, 3.8) is 0 Å². The van der Waals surface area contributed by atoms with Crippen molar-refractivity contribution in [2.45, 2.75) is 6.92 Å². The Balaban J connectivity index is 0. The lowest BCUT2D eigenvalue weighted by Gasteiger charge is -2.10. The molecule has 1 saturated heterocycles.